The fourth-order valence-corrected chi connectivity index (χ4v) is 6.12. The number of fused-ring (bicyclic) bond motifs is 1. The highest BCUT2D eigenvalue weighted by atomic mass is 32.2. The average Bonchev–Trinajstić information content (AvgIpc) is 3.42. The third-order valence-electron chi connectivity index (χ3n) is 7.39. The van der Waals surface area contributed by atoms with E-state index in [4.69, 9.17) is 4.74 Å². The quantitative estimate of drug-likeness (QED) is 0.293. The normalized spacial score (nSPS) is 14.2. The Morgan fingerprint density at radius 1 is 1.11 bits per heavy atom. The number of nitrogens with zero attached hydrogens (tertiary/aromatic N) is 3. The van der Waals surface area contributed by atoms with Gasteiger partial charge in [-0.2, -0.15) is 18.3 Å². The van der Waals surface area contributed by atoms with Crippen molar-refractivity contribution in [2.24, 2.45) is 0 Å². The number of anilines is 1. The van der Waals surface area contributed by atoms with Crippen LogP contribution in [-0.4, -0.2) is 67.7 Å². The summed E-state index contributed by atoms with van der Waals surface area (Å²) in [6.45, 7) is 1.08. The van der Waals surface area contributed by atoms with E-state index in [1.807, 2.05) is 0 Å². The lowest BCUT2D eigenvalue weighted by Gasteiger charge is -2.28. The van der Waals surface area contributed by atoms with Crippen molar-refractivity contribution in [1.29, 1.82) is 0 Å². The number of halogens is 3. The second-order valence-electron chi connectivity index (χ2n) is 10.5. The molecule has 0 spiro atoms. The second kappa shape index (κ2) is 12.0. The van der Waals surface area contributed by atoms with Gasteiger partial charge in [-0.25, -0.2) is 13.1 Å². The number of ether oxygens (including phenoxy) is 1. The summed E-state index contributed by atoms with van der Waals surface area (Å²) < 4.78 is 73.3. The van der Waals surface area contributed by atoms with Crippen LogP contribution in [0.5, 0.6) is 5.75 Å². The van der Waals surface area contributed by atoms with E-state index in [0.29, 0.717) is 16.8 Å². The zero-order valence-corrected chi connectivity index (χ0v) is 25.2. The molecule has 0 radical (unpaired) electrons. The highest BCUT2D eigenvalue weighted by Gasteiger charge is 2.43. The fourth-order valence-electron chi connectivity index (χ4n) is 5.21. The first-order valence-electron chi connectivity index (χ1n) is 13.7. The van der Waals surface area contributed by atoms with Crippen molar-refractivity contribution in [1.82, 2.24) is 15.1 Å². The van der Waals surface area contributed by atoms with E-state index in [1.165, 1.54) is 36.3 Å². The Hall–Kier alpha value is -4.69. The van der Waals surface area contributed by atoms with Gasteiger partial charge < -0.3 is 20.1 Å². The summed E-state index contributed by atoms with van der Waals surface area (Å²) in [7, 11) is -2.17. The van der Waals surface area contributed by atoms with Crippen molar-refractivity contribution in [2.75, 3.05) is 31.4 Å². The maximum Gasteiger partial charge on any atom is 0.435 e. The molecule has 45 heavy (non-hydrogen) atoms. The maximum atomic E-state index is 14.2. The van der Waals surface area contributed by atoms with Crippen LogP contribution in [0.4, 0.5) is 18.9 Å². The van der Waals surface area contributed by atoms with Crippen LogP contribution in [0, 0.1) is 0 Å². The van der Waals surface area contributed by atoms with Crippen molar-refractivity contribution in [2.45, 2.75) is 30.5 Å². The minimum absolute atomic E-state index is 0.0795. The number of amides is 2. The molecule has 5 rings (SSSR count). The summed E-state index contributed by atoms with van der Waals surface area (Å²) in [6, 6.07) is 16.3. The zero-order chi connectivity index (χ0) is 32.7. The first kappa shape index (κ1) is 31.7. The topological polar surface area (TPSA) is 131 Å². The molecule has 1 atom stereocenters. The van der Waals surface area contributed by atoms with Crippen molar-refractivity contribution in [3.05, 3.63) is 89.2 Å². The predicted molar refractivity (Wildman–Crippen MR) is 160 cm³/mol. The molecule has 236 valence electrons. The molecule has 1 aliphatic rings. The van der Waals surface area contributed by atoms with Crippen LogP contribution in [0.2, 0.25) is 0 Å². The third-order valence-corrected chi connectivity index (χ3v) is 8.54. The van der Waals surface area contributed by atoms with E-state index >= 15 is 0 Å². The molecule has 1 unspecified atom stereocenters. The number of hydrogen-bond acceptors (Lipinski definition) is 7. The molecule has 0 fully saturated rings. The van der Waals surface area contributed by atoms with Gasteiger partial charge in [-0.15, -0.1) is 0 Å². The molecule has 2 heterocycles. The molecule has 2 amide bonds. The molecule has 1 aromatic heterocycles. The van der Waals surface area contributed by atoms with Crippen LogP contribution in [0.15, 0.2) is 71.6 Å². The van der Waals surface area contributed by atoms with Crippen molar-refractivity contribution >= 4 is 27.3 Å². The summed E-state index contributed by atoms with van der Waals surface area (Å²) >= 11 is 0. The molecule has 0 saturated carbocycles. The molecular weight excluding hydrogens is 613 g/mol. The van der Waals surface area contributed by atoms with E-state index in [-0.39, 0.29) is 52.7 Å². The maximum absolute atomic E-state index is 14.2. The van der Waals surface area contributed by atoms with Crippen LogP contribution in [-0.2, 0) is 22.4 Å². The summed E-state index contributed by atoms with van der Waals surface area (Å²) in [5.74, 6) is -1.24. The van der Waals surface area contributed by atoms with Gasteiger partial charge in [0.2, 0.25) is 0 Å². The lowest BCUT2D eigenvalue weighted by molar-refractivity contribution is -0.141. The predicted octanol–water partition coefficient (Wildman–Crippen LogP) is 4.28. The zero-order valence-electron chi connectivity index (χ0n) is 24.4. The Labute approximate surface area is 257 Å². The van der Waals surface area contributed by atoms with Gasteiger partial charge in [0, 0.05) is 35.7 Å². The Morgan fingerprint density at radius 2 is 1.80 bits per heavy atom. The Bertz CT molecular complexity index is 1890. The van der Waals surface area contributed by atoms with E-state index in [9.17, 15) is 36.3 Å². The Balaban J connectivity index is 1.60. The second-order valence-corrected chi connectivity index (χ2v) is 12.5. The lowest BCUT2D eigenvalue weighted by Crippen LogP contribution is -2.39. The number of aliphatic hydroxyl groups excluding tert-OH is 1. The number of carbonyl (C=O) groups is 2. The summed E-state index contributed by atoms with van der Waals surface area (Å²) in [4.78, 5) is 28.6. The average molecular weight is 643 g/mol. The molecule has 3 aromatic carbocycles. The highest BCUT2D eigenvalue weighted by Crippen LogP contribution is 2.38. The number of alkyl halides is 3. The van der Waals surface area contributed by atoms with E-state index in [0.717, 1.165) is 10.9 Å². The number of carbonyl (C=O) groups excluding carboxylic acids is 2. The molecular formula is C31H29F3N4O6S. The number of aromatic nitrogens is 2. The standard InChI is InChI=1S/C31H29F3N4O6S/c1-18(17-39)35-29(40)24-16-21(44-2)12-13-25(24)38-27-23(28(36-38)31(32,33)34)14-15-37(30(27)41)20-10-8-19(9-11-20)22-6-4-5-7-26(22)45(3,42)43/h4-13,16,18,39H,14-15,17H2,1-3H3,(H,35,40). The highest BCUT2D eigenvalue weighted by molar-refractivity contribution is 7.90. The minimum Gasteiger partial charge on any atom is -0.497 e. The van der Waals surface area contributed by atoms with Gasteiger partial charge in [-0.05, 0) is 55.3 Å². The van der Waals surface area contributed by atoms with Gasteiger partial charge in [0.05, 0.1) is 29.9 Å². The van der Waals surface area contributed by atoms with Crippen LogP contribution in [0.25, 0.3) is 16.8 Å². The third kappa shape index (κ3) is 6.15. The van der Waals surface area contributed by atoms with Crippen LogP contribution in [0.3, 0.4) is 0 Å². The first-order valence-corrected chi connectivity index (χ1v) is 15.6. The van der Waals surface area contributed by atoms with Gasteiger partial charge >= 0.3 is 6.18 Å². The smallest absolute Gasteiger partial charge is 0.435 e. The van der Waals surface area contributed by atoms with Crippen LogP contribution >= 0.6 is 0 Å². The summed E-state index contributed by atoms with van der Waals surface area (Å²) in [5, 5.41) is 15.8. The largest absolute Gasteiger partial charge is 0.497 e. The summed E-state index contributed by atoms with van der Waals surface area (Å²) in [5.41, 5.74) is -0.683. The number of methoxy groups -OCH3 is 1. The molecule has 0 saturated heterocycles. The van der Waals surface area contributed by atoms with Gasteiger partial charge in [-0.3, -0.25) is 9.59 Å². The first-order chi connectivity index (χ1) is 21.2. The van der Waals surface area contributed by atoms with E-state index in [2.05, 4.69) is 10.4 Å². The number of hydrogen-bond donors (Lipinski definition) is 2. The monoisotopic (exact) mass is 642 g/mol. The Morgan fingerprint density at radius 3 is 2.42 bits per heavy atom. The van der Waals surface area contributed by atoms with Gasteiger partial charge in [-0.1, -0.05) is 30.3 Å². The molecule has 2 N–H and O–H groups in total. The van der Waals surface area contributed by atoms with Gasteiger partial charge in [0.1, 0.15) is 11.4 Å². The van der Waals surface area contributed by atoms with Crippen LogP contribution < -0.4 is 15.0 Å². The number of rotatable bonds is 8. The number of sulfone groups is 1. The minimum atomic E-state index is -4.88. The van der Waals surface area contributed by atoms with E-state index in [1.54, 1.807) is 49.4 Å². The molecule has 1 aliphatic heterocycles. The molecule has 4 aromatic rings. The van der Waals surface area contributed by atoms with Gasteiger partial charge in [0.15, 0.2) is 15.5 Å². The fraction of sp³-hybridized carbons (Fsp3) is 0.258. The van der Waals surface area contributed by atoms with Crippen molar-refractivity contribution in [3.63, 3.8) is 0 Å². The van der Waals surface area contributed by atoms with Crippen molar-refractivity contribution < 1.29 is 41.0 Å². The van der Waals surface area contributed by atoms with Gasteiger partial charge in [0.25, 0.3) is 11.8 Å². The number of benzene rings is 3. The molecule has 14 heteroatoms. The molecule has 10 nitrogen and oxygen atoms in total. The Kier molecular flexibility index (Phi) is 8.47. The molecule has 0 aliphatic carbocycles. The molecule has 0 bridgehead atoms. The lowest BCUT2D eigenvalue weighted by atomic mass is 10.0. The number of nitrogens with one attached hydrogen (secondary N) is 1. The van der Waals surface area contributed by atoms with Crippen molar-refractivity contribution in [3.8, 4) is 22.6 Å². The summed E-state index contributed by atoms with van der Waals surface area (Å²) in [6.07, 6.45) is -3.95. The van der Waals surface area contributed by atoms with Crippen LogP contribution in [0.1, 0.15) is 39.0 Å². The van der Waals surface area contributed by atoms with E-state index < -0.39 is 39.6 Å². The SMILES string of the molecule is COc1ccc(-n2nc(C(F)(F)F)c3c2C(=O)N(c2ccc(-c4ccccc4S(C)(=O)=O)cc2)CC3)c(C(=O)NC(C)CO)c1. The number of aliphatic hydroxyl groups is 1.